The molecule has 6 nitrogen and oxygen atoms in total. The maximum atomic E-state index is 11.4. The highest BCUT2D eigenvalue weighted by Crippen LogP contribution is 2.18. The SMILES string of the molecule is CCOc1ccc(CNC(=O)C(N)C(=O)O)cc1C. The summed E-state index contributed by atoms with van der Waals surface area (Å²) in [5, 5.41) is 11.1. The highest BCUT2D eigenvalue weighted by molar-refractivity contribution is 6.00. The van der Waals surface area contributed by atoms with E-state index in [0.717, 1.165) is 16.9 Å². The van der Waals surface area contributed by atoms with E-state index in [-0.39, 0.29) is 6.54 Å². The third-order valence-corrected chi connectivity index (χ3v) is 2.55. The third-order valence-electron chi connectivity index (χ3n) is 2.55. The minimum absolute atomic E-state index is 0.229. The van der Waals surface area contributed by atoms with Crippen molar-refractivity contribution in [3.8, 4) is 5.75 Å². The molecule has 0 saturated heterocycles. The van der Waals surface area contributed by atoms with Crippen molar-refractivity contribution in [3.63, 3.8) is 0 Å². The van der Waals surface area contributed by atoms with E-state index < -0.39 is 17.9 Å². The summed E-state index contributed by atoms with van der Waals surface area (Å²) < 4.78 is 5.40. The van der Waals surface area contributed by atoms with Gasteiger partial charge in [0.25, 0.3) is 0 Å². The second kappa shape index (κ2) is 6.75. The predicted octanol–water partition coefficient (Wildman–Crippen LogP) is 0.422. The lowest BCUT2D eigenvalue weighted by molar-refractivity contribution is -0.142. The lowest BCUT2D eigenvalue weighted by Crippen LogP contribution is -2.45. The maximum Gasteiger partial charge on any atom is 0.330 e. The first-order valence-electron chi connectivity index (χ1n) is 5.94. The molecule has 1 atom stereocenters. The number of hydrogen-bond donors (Lipinski definition) is 3. The first-order chi connectivity index (χ1) is 8.95. The van der Waals surface area contributed by atoms with E-state index >= 15 is 0 Å². The molecule has 1 amide bonds. The highest BCUT2D eigenvalue weighted by atomic mass is 16.5. The topological polar surface area (TPSA) is 102 Å². The molecule has 104 valence electrons. The molecular weight excluding hydrogens is 248 g/mol. The number of carboxylic acid groups (broad SMARTS) is 1. The molecule has 0 saturated carbocycles. The Labute approximate surface area is 111 Å². The van der Waals surface area contributed by atoms with Gasteiger partial charge in [0.1, 0.15) is 5.75 Å². The Bertz CT molecular complexity index is 474. The first kappa shape index (κ1) is 15.0. The van der Waals surface area contributed by atoms with Crippen LogP contribution in [0.1, 0.15) is 18.1 Å². The van der Waals surface area contributed by atoms with Crippen molar-refractivity contribution in [2.45, 2.75) is 26.4 Å². The Kier molecular flexibility index (Phi) is 5.32. The molecule has 4 N–H and O–H groups in total. The fourth-order valence-electron chi connectivity index (χ4n) is 1.55. The van der Waals surface area contributed by atoms with Gasteiger partial charge in [0, 0.05) is 6.54 Å². The Balaban J connectivity index is 2.61. The van der Waals surface area contributed by atoms with Crippen molar-refractivity contribution < 1.29 is 19.4 Å². The van der Waals surface area contributed by atoms with Crippen molar-refractivity contribution in [1.29, 1.82) is 0 Å². The zero-order valence-electron chi connectivity index (χ0n) is 11.0. The number of rotatable bonds is 6. The standard InChI is InChI=1S/C13H18N2O4/c1-3-19-10-5-4-9(6-8(10)2)7-15-12(16)11(14)13(17)18/h4-6,11H,3,7,14H2,1-2H3,(H,15,16)(H,17,18). The maximum absolute atomic E-state index is 11.4. The van der Waals surface area contributed by atoms with Gasteiger partial charge in [-0.25, -0.2) is 4.79 Å². The van der Waals surface area contributed by atoms with Crippen LogP contribution in [0, 0.1) is 6.92 Å². The van der Waals surface area contributed by atoms with Gasteiger partial charge in [-0.05, 0) is 31.0 Å². The Morgan fingerprint density at radius 2 is 2.16 bits per heavy atom. The van der Waals surface area contributed by atoms with Crippen LogP contribution in [0.25, 0.3) is 0 Å². The van der Waals surface area contributed by atoms with E-state index in [2.05, 4.69) is 5.32 Å². The second-order valence-electron chi connectivity index (χ2n) is 4.07. The van der Waals surface area contributed by atoms with Crippen LogP contribution in [-0.2, 0) is 16.1 Å². The number of benzene rings is 1. The van der Waals surface area contributed by atoms with Gasteiger partial charge in [0.2, 0.25) is 5.91 Å². The van der Waals surface area contributed by atoms with Crippen molar-refractivity contribution in [2.75, 3.05) is 6.61 Å². The van der Waals surface area contributed by atoms with Crippen LogP contribution in [0.3, 0.4) is 0 Å². The van der Waals surface area contributed by atoms with Crippen molar-refractivity contribution in [2.24, 2.45) is 5.73 Å². The van der Waals surface area contributed by atoms with E-state index in [9.17, 15) is 9.59 Å². The number of ether oxygens (including phenoxy) is 1. The normalized spacial score (nSPS) is 11.7. The number of carbonyl (C=O) groups excluding carboxylic acids is 1. The largest absolute Gasteiger partial charge is 0.494 e. The molecule has 0 aliphatic heterocycles. The molecule has 0 aliphatic rings. The smallest absolute Gasteiger partial charge is 0.330 e. The number of nitrogens with two attached hydrogens (primary N) is 1. The molecule has 0 spiro atoms. The molecular formula is C13H18N2O4. The lowest BCUT2D eigenvalue weighted by atomic mass is 10.1. The molecule has 0 radical (unpaired) electrons. The molecule has 1 unspecified atom stereocenters. The minimum Gasteiger partial charge on any atom is -0.494 e. The zero-order chi connectivity index (χ0) is 14.4. The molecule has 19 heavy (non-hydrogen) atoms. The van der Waals surface area contributed by atoms with Gasteiger partial charge < -0.3 is 20.9 Å². The molecule has 0 bridgehead atoms. The number of aryl methyl sites for hydroxylation is 1. The fourth-order valence-corrected chi connectivity index (χ4v) is 1.55. The summed E-state index contributed by atoms with van der Waals surface area (Å²) in [6, 6.07) is 3.96. The molecule has 1 rings (SSSR count). The van der Waals surface area contributed by atoms with Crippen LogP contribution < -0.4 is 15.8 Å². The fraction of sp³-hybridized carbons (Fsp3) is 0.385. The number of hydrogen-bond acceptors (Lipinski definition) is 4. The van der Waals surface area contributed by atoms with Crippen molar-refractivity contribution >= 4 is 11.9 Å². The number of nitrogens with one attached hydrogen (secondary N) is 1. The van der Waals surface area contributed by atoms with Gasteiger partial charge in [0.05, 0.1) is 6.61 Å². The molecule has 0 aromatic heterocycles. The van der Waals surface area contributed by atoms with Crippen LogP contribution >= 0.6 is 0 Å². The molecule has 0 fully saturated rings. The van der Waals surface area contributed by atoms with E-state index in [1.165, 1.54) is 0 Å². The predicted molar refractivity (Wildman–Crippen MR) is 69.8 cm³/mol. The van der Waals surface area contributed by atoms with Crippen LogP contribution in [0.15, 0.2) is 18.2 Å². The van der Waals surface area contributed by atoms with Gasteiger partial charge in [0.15, 0.2) is 6.04 Å². The van der Waals surface area contributed by atoms with E-state index in [1.807, 2.05) is 32.0 Å². The Morgan fingerprint density at radius 1 is 1.47 bits per heavy atom. The van der Waals surface area contributed by atoms with Gasteiger partial charge in [-0.3, -0.25) is 4.79 Å². The summed E-state index contributed by atoms with van der Waals surface area (Å²) in [5.41, 5.74) is 6.99. The number of carbonyl (C=O) groups is 2. The summed E-state index contributed by atoms with van der Waals surface area (Å²) in [6.07, 6.45) is 0. The zero-order valence-corrected chi connectivity index (χ0v) is 11.0. The Morgan fingerprint density at radius 3 is 2.68 bits per heavy atom. The third kappa shape index (κ3) is 4.26. The van der Waals surface area contributed by atoms with Crippen LogP contribution in [0.4, 0.5) is 0 Å². The summed E-state index contributed by atoms with van der Waals surface area (Å²) in [5.74, 6) is -1.26. The van der Waals surface area contributed by atoms with Crippen molar-refractivity contribution in [3.05, 3.63) is 29.3 Å². The average molecular weight is 266 g/mol. The Hall–Kier alpha value is -2.08. The molecule has 6 heteroatoms. The van der Waals surface area contributed by atoms with E-state index in [1.54, 1.807) is 0 Å². The highest BCUT2D eigenvalue weighted by Gasteiger charge is 2.20. The van der Waals surface area contributed by atoms with E-state index in [4.69, 9.17) is 15.6 Å². The first-order valence-corrected chi connectivity index (χ1v) is 5.94. The molecule has 0 heterocycles. The minimum atomic E-state index is -1.54. The summed E-state index contributed by atoms with van der Waals surface area (Å²) in [4.78, 5) is 21.9. The molecule has 1 aromatic carbocycles. The summed E-state index contributed by atoms with van der Waals surface area (Å²) >= 11 is 0. The van der Waals surface area contributed by atoms with Gasteiger partial charge in [-0.2, -0.15) is 0 Å². The van der Waals surface area contributed by atoms with Gasteiger partial charge in [-0.15, -0.1) is 0 Å². The van der Waals surface area contributed by atoms with Crippen LogP contribution in [0.2, 0.25) is 0 Å². The van der Waals surface area contributed by atoms with Crippen LogP contribution in [-0.4, -0.2) is 29.6 Å². The monoisotopic (exact) mass is 266 g/mol. The van der Waals surface area contributed by atoms with Crippen molar-refractivity contribution in [1.82, 2.24) is 5.32 Å². The molecule has 1 aromatic rings. The number of aliphatic carboxylic acids is 1. The summed E-state index contributed by atoms with van der Waals surface area (Å²) in [6.45, 7) is 4.62. The lowest BCUT2D eigenvalue weighted by Gasteiger charge is -2.11. The number of carboxylic acids is 1. The van der Waals surface area contributed by atoms with Gasteiger partial charge in [-0.1, -0.05) is 12.1 Å². The average Bonchev–Trinajstić information content (AvgIpc) is 2.38. The molecule has 0 aliphatic carbocycles. The summed E-state index contributed by atoms with van der Waals surface area (Å²) in [7, 11) is 0. The number of amides is 1. The van der Waals surface area contributed by atoms with Crippen LogP contribution in [0.5, 0.6) is 5.75 Å². The second-order valence-corrected chi connectivity index (χ2v) is 4.07. The van der Waals surface area contributed by atoms with E-state index in [0.29, 0.717) is 6.61 Å². The van der Waals surface area contributed by atoms with Gasteiger partial charge >= 0.3 is 5.97 Å². The quantitative estimate of drug-likeness (QED) is 0.648.